The van der Waals surface area contributed by atoms with Gasteiger partial charge in [-0.1, -0.05) is 17.7 Å². The SMILES string of the molecule is Cc1ccc(OCCOCCN[C@H](C)CO)c(C)c1. The van der Waals surface area contributed by atoms with Crippen LogP contribution in [0.1, 0.15) is 18.1 Å². The number of ether oxygens (including phenoxy) is 2. The first-order chi connectivity index (χ1) is 9.13. The summed E-state index contributed by atoms with van der Waals surface area (Å²) in [5.74, 6) is 0.918. The van der Waals surface area contributed by atoms with Crippen LogP contribution >= 0.6 is 0 Å². The summed E-state index contributed by atoms with van der Waals surface area (Å²) in [5, 5.41) is 12.0. The van der Waals surface area contributed by atoms with Gasteiger partial charge in [0.25, 0.3) is 0 Å². The Labute approximate surface area is 115 Å². The Hall–Kier alpha value is -1.10. The molecule has 0 aliphatic carbocycles. The molecule has 19 heavy (non-hydrogen) atoms. The molecule has 1 aromatic carbocycles. The van der Waals surface area contributed by atoms with Crippen LogP contribution in [0.5, 0.6) is 5.75 Å². The van der Waals surface area contributed by atoms with Crippen molar-refractivity contribution in [1.29, 1.82) is 0 Å². The molecule has 0 saturated heterocycles. The number of hydrogen-bond acceptors (Lipinski definition) is 4. The Bertz CT molecular complexity index is 368. The first-order valence-corrected chi connectivity index (χ1v) is 6.75. The molecule has 1 rings (SSSR count). The zero-order chi connectivity index (χ0) is 14.1. The summed E-state index contributed by atoms with van der Waals surface area (Å²) in [6.45, 7) is 8.69. The van der Waals surface area contributed by atoms with E-state index < -0.39 is 0 Å². The van der Waals surface area contributed by atoms with Crippen molar-refractivity contribution in [2.24, 2.45) is 0 Å². The lowest BCUT2D eigenvalue weighted by atomic mass is 10.1. The standard InChI is InChI=1S/C15H25NO3/c1-12-4-5-15(13(2)10-12)19-9-8-18-7-6-16-14(3)11-17/h4-5,10,14,16-17H,6-9,11H2,1-3H3/t14-/m1/s1. The number of aliphatic hydroxyl groups is 1. The largest absolute Gasteiger partial charge is 0.491 e. The highest BCUT2D eigenvalue weighted by Crippen LogP contribution is 2.18. The van der Waals surface area contributed by atoms with E-state index in [1.165, 1.54) is 5.56 Å². The predicted molar refractivity (Wildman–Crippen MR) is 76.8 cm³/mol. The summed E-state index contributed by atoms with van der Waals surface area (Å²) in [7, 11) is 0. The lowest BCUT2D eigenvalue weighted by molar-refractivity contribution is 0.0986. The van der Waals surface area contributed by atoms with Gasteiger partial charge in [0.05, 0.1) is 19.8 Å². The Kier molecular flexibility index (Phi) is 7.48. The van der Waals surface area contributed by atoms with Crippen LogP contribution in [-0.2, 0) is 4.74 Å². The minimum atomic E-state index is 0.120. The highest BCUT2D eigenvalue weighted by Gasteiger charge is 2.00. The van der Waals surface area contributed by atoms with Crippen LogP contribution in [0.4, 0.5) is 0 Å². The van der Waals surface area contributed by atoms with Crippen LogP contribution < -0.4 is 10.1 Å². The molecule has 1 aromatic rings. The third-order valence-corrected chi connectivity index (χ3v) is 2.83. The van der Waals surface area contributed by atoms with Gasteiger partial charge in [0.1, 0.15) is 12.4 Å². The summed E-state index contributed by atoms with van der Waals surface area (Å²) in [6, 6.07) is 6.27. The van der Waals surface area contributed by atoms with Crippen LogP contribution in [0.3, 0.4) is 0 Å². The van der Waals surface area contributed by atoms with Crippen LogP contribution in [0.15, 0.2) is 18.2 Å². The van der Waals surface area contributed by atoms with E-state index in [9.17, 15) is 0 Å². The van der Waals surface area contributed by atoms with Gasteiger partial charge in [0.2, 0.25) is 0 Å². The van der Waals surface area contributed by atoms with E-state index in [2.05, 4.69) is 18.3 Å². The molecule has 0 unspecified atom stereocenters. The van der Waals surface area contributed by atoms with Crippen molar-refractivity contribution in [2.45, 2.75) is 26.8 Å². The Morgan fingerprint density at radius 2 is 2.00 bits per heavy atom. The van der Waals surface area contributed by atoms with Gasteiger partial charge in [0.15, 0.2) is 0 Å². The second-order valence-electron chi connectivity index (χ2n) is 4.77. The summed E-state index contributed by atoms with van der Waals surface area (Å²) < 4.78 is 11.1. The molecule has 0 saturated carbocycles. The number of benzene rings is 1. The van der Waals surface area contributed by atoms with Gasteiger partial charge in [-0.3, -0.25) is 0 Å². The first-order valence-electron chi connectivity index (χ1n) is 6.75. The zero-order valence-electron chi connectivity index (χ0n) is 12.1. The van der Waals surface area contributed by atoms with Crippen LogP contribution in [-0.4, -0.2) is 44.1 Å². The molecular formula is C15H25NO3. The number of rotatable bonds is 9. The molecule has 4 heteroatoms. The molecule has 0 heterocycles. The summed E-state index contributed by atoms with van der Waals surface area (Å²) in [5.41, 5.74) is 2.39. The number of nitrogens with one attached hydrogen (secondary N) is 1. The maximum Gasteiger partial charge on any atom is 0.122 e. The maximum atomic E-state index is 8.82. The van der Waals surface area contributed by atoms with Crippen molar-refractivity contribution >= 4 is 0 Å². The van der Waals surface area contributed by atoms with Crippen molar-refractivity contribution in [3.63, 3.8) is 0 Å². The molecule has 108 valence electrons. The molecule has 0 aromatic heterocycles. The van der Waals surface area contributed by atoms with E-state index in [1.807, 2.05) is 26.0 Å². The average Bonchev–Trinajstić information content (AvgIpc) is 2.39. The fourth-order valence-corrected chi connectivity index (χ4v) is 1.72. The van der Waals surface area contributed by atoms with Gasteiger partial charge < -0.3 is 19.9 Å². The highest BCUT2D eigenvalue weighted by atomic mass is 16.5. The minimum Gasteiger partial charge on any atom is -0.491 e. The fraction of sp³-hybridized carbons (Fsp3) is 0.600. The first kappa shape index (κ1) is 16.0. The molecule has 4 nitrogen and oxygen atoms in total. The monoisotopic (exact) mass is 267 g/mol. The van der Waals surface area contributed by atoms with E-state index in [0.717, 1.165) is 17.9 Å². The van der Waals surface area contributed by atoms with E-state index in [1.54, 1.807) is 0 Å². The molecule has 0 amide bonds. The van der Waals surface area contributed by atoms with E-state index >= 15 is 0 Å². The average molecular weight is 267 g/mol. The second kappa shape index (κ2) is 8.91. The third kappa shape index (κ3) is 6.57. The van der Waals surface area contributed by atoms with Gasteiger partial charge in [-0.25, -0.2) is 0 Å². The van der Waals surface area contributed by atoms with E-state index in [0.29, 0.717) is 19.8 Å². The Balaban J connectivity index is 2.07. The molecule has 0 bridgehead atoms. The molecule has 0 spiro atoms. The van der Waals surface area contributed by atoms with Crippen molar-refractivity contribution in [2.75, 3.05) is 33.0 Å². The van der Waals surface area contributed by atoms with E-state index in [4.69, 9.17) is 14.6 Å². The molecule has 0 radical (unpaired) electrons. The maximum absolute atomic E-state index is 8.82. The second-order valence-corrected chi connectivity index (χ2v) is 4.77. The Morgan fingerprint density at radius 3 is 2.68 bits per heavy atom. The third-order valence-electron chi connectivity index (χ3n) is 2.83. The topological polar surface area (TPSA) is 50.7 Å². The Morgan fingerprint density at radius 1 is 1.21 bits per heavy atom. The smallest absolute Gasteiger partial charge is 0.122 e. The normalized spacial score (nSPS) is 12.4. The van der Waals surface area contributed by atoms with Crippen molar-refractivity contribution in [3.8, 4) is 5.75 Å². The van der Waals surface area contributed by atoms with E-state index in [-0.39, 0.29) is 12.6 Å². The summed E-state index contributed by atoms with van der Waals surface area (Å²) in [6.07, 6.45) is 0. The van der Waals surface area contributed by atoms with Gasteiger partial charge in [-0.05, 0) is 32.4 Å². The van der Waals surface area contributed by atoms with Crippen molar-refractivity contribution < 1.29 is 14.6 Å². The quantitative estimate of drug-likeness (QED) is 0.668. The number of aryl methyl sites for hydroxylation is 2. The number of aliphatic hydroxyl groups excluding tert-OH is 1. The van der Waals surface area contributed by atoms with Crippen molar-refractivity contribution in [1.82, 2.24) is 5.32 Å². The molecule has 0 aliphatic rings. The molecule has 0 fully saturated rings. The lowest BCUT2D eigenvalue weighted by Crippen LogP contribution is -2.32. The lowest BCUT2D eigenvalue weighted by Gasteiger charge is -2.12. The molecule has 1 atom stereocenters. The van der Waals surface area contributed by atoms with Crippen LogP contribution in [0, 0.1) is 13.8 Å². The van der Waals surface area contributed by atoms with Crippen LogP contribution in [0.2, 0.25) is 0 Å². The van der Waals surface area contributed by atoms with Crippen molar-refractivity contribution in [3.05, 3.63) is 29.3 Å². The minimum absolute atomic E-state index is 0.120. The van der Waals surface area contributed by atoms with Gasteiger partial charge in [-0.2, -0.15) is 0 Å². The highest BCUT2D eigenvalue weighted by molar-refractivity contribution is 5.35. The molecular weight excluding hydrogens is 242 g/mol. The number of hydrogen-bond donors (Lipinski definition) is 2. The van der Waals surface area contributed by atoms with Crippen LogP contribution in [0.25, 0.3) is 0 Å². The molecule has 2 N–H and O–H groups in total. The predicted octanol–water partition coefficient (Wildman–Crippen LogP) is 1.67. The fourth-order valence-electron chi connectivity index (χ4n) is 1.72. The van der Waals surface area contributed by atoms with Gasteiger partial charge in [0, 0.05) is 12.6 Å². The zero-order valence-corrected chi connectivity index (χ0v) is 12.1. The molecule has 0 aliphatic heterocycles. The summed E-state index contributed by atoms with van der Waals surface area (Å²) in [4.78, 5) is 0. The summed E-state index contributed by atoms with van der Waals surface area (Å²) >= 11 is 0. The van der Waals surface area contributed by atoms with Gasteiger partial charge >= 0.3 is 0 Å². The van der Waals surface area contributed by atoms with Gasteiger partial charge in [-0.15, -0.1) is 0 Å².